The molecule has 0 aliphatic heterocycles. The zero-order chi connectivity index (χ0) is 14.1. The van der Waals surface area contributed by atoms with Crippen molar-refractivity contribution >= 4 is 28.5 Å². The molecule has 2 heterocycles. The molecule has 1 aromatic carbocycles. The number of aromatic nitrogens is 3. The van der Waals surface area contributed by atoms with Gasteiger partial charge in [-0.25, -0.2) is 9.97 Å². The van der Waals surface area contributed by atoms with Crippen molar-refractivity contribution in [2.24, 2.45) is 0 Å². The lowest BCUT2D eigenvalue weighted by atomic mass is 10.2. The molecule has 0 aliphatic rings. The van der Waals surface area contributed by atoms with E-state index < -0.39 is 0 Å². The highest BCUT2D eigenvalue weighted by atomic mass is 35.5. The van der Waals surface area contributed by atoms with Crippen LogP contribution in [0.3, 0.4) is 0 Å². The Balaban J connectivity index is 2.11. The van der Waals surface area contributed by atoms with Gasteiger partial charge < -0.3 is 10.3 Å². The zero-order valence-electron chi connectivity index (χ0n) is 10.4. The molecule has 20 heavy (non-hydrogen) atoms. The molecule has 0 saturated heterocycles. The second-order valence-electron chi connectivity index (χ2n) is 4.37. The SMILES string of the molecule is N#Cc1cn(Cc2ccc(Cl)cc2)c2ncnc(N)c12. The van der Waals surface area contributed by atoms with E-state index in [9.17, 15) is 5.26 Å². The van der Waals surface area contributed by atoms with Crippen molar-refractivity contribution < 1.29 is 0 Å². The van der Waals surface area contributed by atoms with Crippen LogP contribution in [0.2, 0.25) is 5.02 Å². The van der Waals surface area contributed by atoms with Crippen molar-refractivity contribution in [2.75, 3.05) is 5.73 Å². The van der Waals surface area contributed by atoms with E-state index in [1.165, 1.54) is 6.33 Å². The van der Waals surface area contributed by atoms with Crippen LogP contribution in [0.1, 0.15) is 11.1 Å². The highest BCUT2D eigenvalue weighted by molar-refractivity contribution is 6.30. The summed E-state index contributed by atoms with van der Waals surface area (Å²) in [6, 6.07) is 9.66. The quantitative estimate of drug-likeness (QED) is 0.784. The van der Waals surface area contributed by atoms with Gasteiger partial charge in [0, 0.05) is 17.8 Å². The highest BCUT2D eigenvalue weighted by Crippen LogP contribution is 2.24. The Morgan fingerprint density at radius 1 is 1.25 bits per heavy atom. The van der Waals surface area contributed by atoms with Gasteiger partial charge in [-0.05, 0) is 17.7 Å². The van der Waals surface area contributed by atoms with Gasteiger partial charge in [0.15, 0.2) is 0 Å². The minimum atomic E-state index is 0.321. The summed E-state index contributed by atoms with van der Waals surface area (Å²) < 4.78 is 1.88. The number of benzene rings is 1. The van der Waals surface area contributed by atoms with Gasteiger partial charge >= 0.3 is 0 Å². The van der Waals surface area contributed by atoms with E-state index >= 15 is 0 Å². The summed E-state index contributed by atoms with van der Waals surface area (Å²) >= 11 is 5.87. The average molecular weight is 284 g/mol. The molecule has 5 nitrogen and oxygen atoms in total. The molecule has 0 amide bonds. The summed E-state index contributed by atoms with van der Waals surface area (Å²) in [7, 11) is 0. The van der Waals surface area contributed by atoms with Crippen LogP contribution in [0.4, 0.5) is 5.82 Å². The van der Waals surface area contributed by atoms with Gasteiger partial charge in [0.1, 0.15) is 23.9 Å². The predicted octanol–water partition coefficient (Wildman–Crippen LogP) is 2.59. The first kappa shape index (κ1) is 12.5. The lowest BCUT2D eigenvalue weighted by Crippen LogP contribution is -2.00. The first-order valence-electron chi connectivity index (χ1n) is 5.93. The number of nitrogens with zero attached hydrogens (tertiary/aromatic N) is 4. The smallest absolute Gasteiger partial charge is 0.147 e. The molecule has 0 unspecified atom stereocenters. The summed E-state index contributed by atoms with van der Waals surface area (Å²) in [5, 5.41) is 10.5. The van der Waals surface area contributed by atoms with Gasteiger partial charge in [0.05, 0.1) is 10.9 Å². The number of hydrogen-bond acceptors (Lipinski definition) is 4. The molecule has 0 aliphatic carbocycles. The molecule has 0 fully saturated rings. The molecule has 6 heteroatoms. The van der Waals surface area contributed by atoms with E-state index in [-0.39, 0.29) is 0 Å². The van der Waals surface area contributed by atoms with Crippen LogP contribution < -0.4 is 5.73 Å². The van der Waals surface area contributed by atoms with E-state index in [2.05, 4.69) is 16.0 Å². The average Bonchev–Trinajstić information content (AvgIpc) is 2.81. The van der Waals surface area contributed by atoms with Crippen LogP contribution in [0.25, 0.3) is 11.0 Å². The van der Waals surface area contributed by atoms with E-state index in [1.54, 1.807) is 6.20 Å². The number of fused-ring (bicyclic) bond motifs is 1. The Labute approximate surface area is 120 Å². The molecular weight excluding hydrogens is 274 g/mol. The summed E-state index contributed by atoms with van der Waals surface area (Å²) in [5.41, 5.74) is 8.02. The first-order chi connectivity index (χ1) is 9.69. The van der Waals surface area contributed by atoms with E-state index in [1.807, 2.05) is 28.8 Å². The van der Waals surface area contributed by atoms with Crippen molar-refractivity contribution in [3.05, 3.63) is 52.9 Å². The fourth-order valence-electron chi connectivity index (χ4n) is 2.14. The molecule has 0 atom stereocenters. The molecule has 3 rings (SSSR count). The van der Waals surface area contributed by atoms with Crippen molar-refractivity contribution in [3.8, 4) is 6.07 Å². The Hall–Kier alpha value is -2.58. The van der Waals surface area contributed by atoms with Crippen molar-refractivity contribution in [1.82, 2.24) is 14.5 Å². The van der Waals surface area contributed by atoms with E-state index in [4.69, 9.17) is 17.3 Å². The maximum absolute atomic E-state index is 9.18. The number of rotatable bonds is 2. The Morgan fingerprint density at radius 2 is 2.00 bits per heavy atom. The van der Waals surface area contributed by atoms with E-state index in [0.717, 1.165) is 5.56 Å². The lowest BCUT2D eigenvalue weighted by molar-refractivity contribution is 0.823. The van der Waals surface area contributed by atoms with Crippen molar-refractivity contribution in [3.63, 3.8) is 0 Å². The molecule has 2 N–H and O–H groups in total. The van der Waals surface area contributed by atoms with Gasteiger partial charge in [-0.2, -0.15) is 5.26 Å². The number of nitrogens with two attached hydrogens (primary N) is 1. The van der Waals surface area contributed by atoms with Crippen LogP contribution in [-0.2, 0) is 6.54 Å². The lowest BCUT2D eigenvalue weighted by Gasteiger charge is -2.05. The fourth-order valence-corrected chi connectivity index (χ4v) is 2.26. The Kier molecular flexibility index (Phi) is 3.01. The summed E-state index contributed by atoms with van der Waals surface area (Å²) in [6.45, 7) is 0.589. The van der Waals surface area contributed by atoms with Crippen LogP contribution in [0, 0.1) is 11.3 Å². The standard InChI is InChI=1S/C14H10ClN5/c15-11-3-1-9(2-4-11)6-20-7-10(5-16)12-13(17)18-8-19-14(12)20/h1-4,7-8H,6H2,(H2,17,18,19). The second kappa shape index (κ2) is 4.83. The van der Waals surface area contributed by atoms with Gasteiger partial charge in [0.25, 0.3) is 0 Å². The van der Waals surface area contributed by atoms with Crippen LogP contribution in [0.5, 0.6) is 0 Å². The maximum atomic E-state index is 9.18. The van der Waals surface area contributed by atoms with Crippen molar-refractivity contribution in [1.29, 1.82) is 5.26 Å². The highest BCUT2D eigenvalue weighted by Gasteiger charge is 2.13. The molecule has 0 saturated carbocycles. The van der Waals surface area contributed by atoms with Gasteiger partial charge in [0.2, 0.25) is 0 Å². The number of anilines is 1. The molecule has 2 aromatic heterocycles. The number of hydrogen-bond donors (Lipinski definition) is 1. The zero-order valence-corrected chi connectivity index (χ0v) is 11.2. The first-order valence-corrected chi connectivity index (χ1v) is 6.30. The van der Waals surface area contributed by atoms with Crippen LogP contribution in [0.15, 0.2) is 36.8 Å². The number of nitriles is 1. The third kappa shape index (κ3) is 2.06. The van der Waals surface area contributed by atoms with Crippen LogP contribution in [-0.4, -0.2) is 14.5 Å². The fraction of sp³-hybridized carbons (Fsp3) is 0.0714. The third-order valence-electron chi connectivity index (χ3n) is 3.07. The molecule has 98 valence electrons. The van der Waals surface area contributed by atoms with Crippen LogP contribution >= 0.6 is 11.6 Å². The molecule has 0 bridgehead atoms. The minimum absolute atomic E-state index is 0.321. The molecule has 0 spiro atoms. The third-order valence-corrected chi connectivity index (χ3v) is 3.32. The Morgan fingerprint density at radius 3 is 2.70 bits per heavy atom. The topological polar surface area (TPSA) is 80.5 Å². The number of nitrogen functional groups attached to an aromatic ring is 1. The summed E-state index contributed by atoms with van der Waals surface area (Å²) in [5.74, 6) is 0.321. The number of halogens is 1. The molecular formula is C14H10ClN5. The van der Waals surface area contributed by atoms with Crippen molar-refractivity contribution in [2.45, 2.75) is 6.54 Å². The second-order valence-corrected chi connectivity index (χ2v) is 4.80. The summed E-state index contributed by atoms with van der Waals surface area (Å²) in [4.78, 5) is 8.15. The van der Waals surface area contributed by atoms with Gasteiger partial charge in [-0.3, -0.25) is 0 Å². The van der Waals surface area contributed by atoms with E-state index in [0.29, 0.717) is 34.0 Å². The molecule has 3 aromatic rings. The summed E-state index contributed by atoms with van der Waals surface area (Å²) in [6.07, 6.45) is 3.14. The maximum Gasteiger partial charge on any atom is 0.147 e. The normalized spacial score (nSPS) is 10.6. The molecule has 0 radical (unpaired) electrons. The minimum Gasteiger partial charge on any atom is -0.383 e. The Bertz CT molecular complexity index is 814. The predicted molar refractivity (Wildman–Crippen MR) is 77.2 cm³/mol. The van der Waals surface area contributed by atoms with Gasteiger partial charge in [-0.15, -0.1) is 0 Å². The van der Waals surface area contributed by atoms with Gasteiger partial charge in [-0.1, -0.05) is 23.7 Å². The monoisotopic (exact) mass is 283 g/mol. The largest absolute Gasteiger partial charge is 0.383 e.